The second-order valence-electron chi connectivity index (χ2n) is 2.45. The molecule has 0 saturated heterocycles. The average molecular weight is 205 g/mol. The summed E-state index contributed by atoms with van der Waals surface area (Å²) in [5, 5.41) is 0. The first-order valence-electron chi connectivity index (χ1n) is 4.19. The van der Waals surface area contributed by atoms with E-state index in [0.29, 0.717) is 0 Å². The summed E-state index contributed by atoms with van der Waals surface area (Å²) in [5.41, 5.74) is 0. The quantitative estimate of drug-likeness (QED) is 0.418. The molecule has 0 atom stereocenters. The first-order valence-corrected chi connectivity index (χ1v) is 4.19. The Kier molecular flexibility index (Phi) is 16.4. The van der Waals surface area contributed by atoms with Gasteiger partial charge in [-0.1, -0.05) is 0 Å². The Bertz CT molecular complexity index is 105. The largest absolute Gasteiger partial charge is 1.00 e. The van der Waals surface area contributed by atoms with Crippen molar-refractivity contribution in [1.82, 2.24) is 0 Å². The van der Waals surface area contributed by atoms with Crippen molar-refractivity contribution in [1.29, 1.82) is 0 Å². The molecule has 0 amide bonds. The number of hydrogen-bond donors (Lipinski definition) is 0. The van der Waals surface area contributed by atoms with Crippen molar-refractivity contribution in [3.63, 3.8) is 0 Å². The molecule has 1 saturated carbocycles. The summed E-state index contributed by atoms with van der Waals surface area (Å²) in [5.74, 6) is 0. The average Bonchev–Trinajstić information content (AvgIpc) is 2.76. The van der Waals surface area contributed by atoms with Crippen LogP contribution in [0.2, 0.25) is 0 Å². The standard InChI is InChI=1S/C5H5.C3H5.C3H7.Mn.H/c1-2-4-5-3-1;1-2-3-1;1-3-2;;/h1-3H,4H2;1H,2-3H2;3H,1-2H3;;/q3*-1;;-1. The van der Waals surface area contributed by atoms with Crippen LogP contribution in [-0.4, -0.2) is 0 Å². The van der Waals surface area contributed by atoms with Crippen molar-refractivity contribution in [2.45, 2.75) is 33.1 Å². The first kappa shape index (κ1) is 14.5. The van der Waals surface area contributed by atoms with Crippen molar-refractivity contribution in [2.75, 3.05) is 0 Å². The molecule has 12 heavy (non-hydrogen) atoms. The van der Waals surface area contributed by atoms with E-state index in [9.17, 15) is 0 Å². The maximum Gasteiger partial charge on any atom is 0 e. The molecule has 2 aliphatic carbocycles. The fraction of sp³-hybridized carbons (Fsp3) is 0.455. The van der Waals surface area contributed by atoms with Gasteiger partial charge in [-0.15, -0.1) is 6.42 Å². The Morgan fingerprint density at radius 3 is 2.00 bits per heavy atom. The molecule has 1 heteroatoms. The molecule has 0 aromatic rings. The third kappa shape index (κ3) is 22.5. The second-order valence-corrected chi connectivity index (χ2v) is 2.45. The van der Waals surface area contributed by atoms with Crippen molar-refractivity contribution in [3.8, 4) is 0 Å². The molecule has 1 radical (unpaired) electrons. The minimum atomic E-state index is 0. The van der Waals surface area contributed by atoms with Crippen LogP contribution in [0.15, 0.2) is 18.2 Å². The van der Waals surface area contributed by atoms with Crippen LogP contribution >= 0.6 is 0 Å². The Morgan fingerprint density at radius 1 is 1.42 bits per heavy atom. The van der Waals surface area contributed by atoms with Gasteiger partial charge in [-0.2, -0.15) is 19.9 Å². The van der Waals surface area contributed by atoms with E-state index >= 15 is 0 Å². The molecule has 0 aliphatic heterocycles. The summed E-state index contributed by atoms with van der Waals surface area (Å²) in [4.78, 5) is 0. The van der Waals surface area contributed by atoms with E-state index in [1.165, 1.54) is 12.8 Å². The van der Waals surface area contributed by atoms with Gasteiger partial charge in [0.1, 0.15) is 0 Å². The summed E-state index contributed by atoms with van der Waals surface area (Å²) < 4.78 is 0. The summed E-state index contributed by atoms with van der Waals surface area (Å²) in [6, 6.07) is 0. The first-order chi connectivity index (χ1) is 5.41. The van der Waals surface area contributed by atoms with Crippen LogP contribution in [0.1, 0.15) is 34.5 Å². The zero-order valence-electron chi connectivity index (χ0n) is 8.89. The fourth-order valence-electron chi connectivity index (χ4n) is 0.340. The van der Waals surface area contributed by atoms with Crippen LogP contribution in [0.4, 0.5) is 0 Å². The monoisotopic (exact) mass is 205 g/mol. The van der Waals surface area contributed by atoms with E-state index in [-0.39, 0.29) is 18.5 Å². The molecule has 0 bridgehead atoms. The van der Waals surface area contributed by atoms with Crippen LogP contribution in [0.5, 0.6) is 0 Å². The minimum absolute atomic E-state index is 0. The van der Waals surface area contributed by atoms with Gasteiger partial charge in [0.05, 0.1) is 0 Å². The van der Waals surface area contributed by atoms with Crippen molar-refractivity contribution >= 4 is 0 Å². The molecule has 2 aliphatic rings. The Labute approximate surface area is 89.1 Å². The number of allylic oxidation sites excluding steroid dienone is 4. The summed E-state index contributed by atoms with van der Waals surface area (Å²) >= 11 is 0. The van der Waals surface area contributed by atoms with Gasteiger partial charge in [0.15, 0.2) is 0 Å². The van der Waals surface area contributed by atoms with Crippen LogP contribution < -0.4 is 0 Å². The maximum atomic E-state index is 2.99. The zero-order valence-corrected chi connectivity index (χ0v) is 9.07. The van der Waals surface area contributed by atoms with Gasteiger partial charge in [-0.3, -0.25) is 6.08 Å². The van der Waals surface area contributed by atoms with Crippen molar-refractivity contribution < 1.29 is 18.5 Å². The van der Waals surface area contributed by atoms with Gasteiger partial charge in [-0.05, 0) is 0 Å². The maximum absolute atomic E-state index is 2.99. The normalized spacial score (nSPS) is 14.8. The molecule has 0 N–H and O–H groups in total. The second kappa shape index (κ2) is 13.6. The Hall–Kier alpha value is -0.000519. The topological polar surface area (TPSA) is 0 Å². The predicted molar refractivity (Wildman–Crippen MR) is 51.9 cm³/mol. The van der Waals surface area contributed by atoms with Crippen molar-refractivity contribution in [3.05, 3.63) is 37.1 Å². The van der Waals surface area contributed by atoms with Crippen molar-refractivity contribution in [2.24, 2.45) is 0 Å². The van der Waals surface area contributed by atoms with E-state index in [1.807, 2.05) is 32.4 Å². The molecule has 0 spiro atoms. The van der Waals surface area contributed by atoms with Crippen LogP contribution in [0.25, 0.3) is 0 Å². The predicted octanol–water partition coefficient (Wildman–Crippen LogP) is 3.63. The molecule has 0 unspecified atom stereocenters. The molecular weight excluding hydrogens is 187 g/mol. The number of hydrogen-bond acceptors (Lipinski definition) is 0. The van der Waals surface area contributed by atoms with Crippen LogP contribution in [0, 0.1) is 18.9 Å². The van der Waals surface area contributed by atoms with Gasteiger partial charge < -0.3 is 14.3 Å². The third-order valence-electron chi connectivity index (χ3n) is 0.875. The van der Waals surface area contributed by atoms with Gasteiger partial charge in [0.25, 0.3) is 0 Å². The molecule has 0 aromatic carbocycles. The van der Waals surface area contributed by atoms with E-state index < -0.39 is 0 Å². The summed E-state index contributed by atoms with van der Waals surface area (Å²) in [6.45, 7) is 4.00. The van der Waals surface area contributed by atoms with Gasteiger partial charge >= 0.3 is 0 Å². The SMILES string of the molecule is C[CH-]C.[C-]1=CC=CC1.[CH-]1CC1.[H-].[Mn]. The molecule has 0 heterocycles. The van der Waals surface area contributed by atoms with Crippen LogP contribution in [-0.2, 0) is 17.1 Å². The van der Waals surface area contributed by atoms with Crippen LogP contribution in [0.3, 0.4) is 0 Å². The molecule has 0 aromatic heterocycles. The Morgan fingerprint density at radius 2 is 1.92 bits per heavy atom. The molecule has 2 rings (SSSR count). The summed E-state index contributed by atoms with van der Waals surface area (Å²) in [7, 11) is 0. The number of rotatable bonds is 0. The third-order valence-corrected chi connectivity index (χ3v) is 0.875. The zero-order chi connectivity index (χ0) is 8.36. The van der Waals surface area contributed by atoms with Gasteiger partial charge in [0.2, 0.25) is 0 Å². The van der Waals surface area contributed by atoms with Gasteiger partial charge in [-0.25, -0.2) is 25.0 Å². The van der Waals surface area contributed by atoms with E-state index in [1.54, 1.807) is 0 Å². The molecular formula is C11H18Mn-4. The van der Waals surface area contributed by atoms with E-state index in [4.69, 9.17) is 0 Å². The minimum Gasteiger partial charge on any atom is -1.00 e. The van der Waals surface area contributed by atoms with E-state index in [2.05, 4.69) is 18.6 Å². The molecule has 0 nitrogen and oxygen atoms in total. The molecule has 73 valence electrons. The fourth-order valence-corrected chi connectivity index (χ4v) is 0.340. The summed E-state index contributed by atoms with van der Waals surface area (Å²) in [6.07, 6.45) is 17.0. The Balaban J connectivity index is -0.000000112. The van der Waals surface area contributed by atoms with E-state index in [0.717, 1.165) is 6.42 Å². The molecule has 1 fully saturated rings. The smallest absolute Gasteiger partial charge is 0 e. The van der Waals surface area contributed by atoms with Gasteiger partial charge in [0, 0.05) is 17.1 Å².